The molecular formula is C22H23N3O4S2. The first-order valence-corrected chi connectivity index (χ1v) is 12.1. The highest BCUT2D eigenvalue weighted by atomic mass is 32.2. The Bertz CT molecular complexity index is 1170. The first-order valence-electron chi connectivity index (χ1n) is 9.89. The Morgan fingerprint density at radius 2 is 1.74 bits per heavy atom. The summed E-state index contributed by atoms with van der Waals surface area (Å²) in [4.78, 5) is 20.7. The Labute approximate surface area is 186 Å². The fourth-order valence-corrected chi connectivity index (χ4v) is 6.47. The van der Waals surface area contributed by atoms with E-state index < -0.39 is 10.0 Å². The molecular weight excluding hydrogens is 434 g/mol. The largest absolute Gasteiger partial charge is 0.456 e. The summed E-state index contributed by atoms with van der Waals surface area (Å²) in [5.41, 5.74) is 0.541. The number of pyridine rings is 1. The van der Waals surface area contributed by atoms with E-state index in [4.69, 9.17) is 4.74 Å². The molecule has 0 aliphatic carbocycles. The number of carbonyl (C=O) groups is 1. The summed E-state index contributed by atoms with van der Waals surface area (Å²) in [6.45, 7) is 5.00. The topological polar surface area (TPSA) is 79.8 Å². The van der Waals surface area contributed by atoms with Gasteiger partial charge in [0, 0.05) is 47.7 Å². The molecule has 1 saturated heterocycles. The normalized spacial score (nSPS) is 15.1. The summed E-state index contributed by atoms with van der Waals surface area (Å²) >= 11 is 1.48. The number of aryl methyl sites for hydroxylation is 2. The number of piperazine rings is 1. The lowest BCUT2D eigenvalue weighted by Gasteiger charge is -2.34. The molecule has 0 N–H and O–H groups in total. The molecule has 0 bridgehead atoms. The zero-order valence-electron chi connectivity index (χ0n) is 17.3. The molecule has 31 heavy (non-hydrogen) atoms. The average Bonchev–Trinajstić information content (AvgIpc) is 3.13. The second-order valence-electron chi connectivity index (χ2n) is 7.29. The maximum atomic E-state index is 13.0. The van der Waals surface area contributed by atoms with Gasteiger partial charge in [-0.15, -0.1) is 11.3 Å². The minimum atomic E-state index is -3.54. The fourth-order valence-electron chi connectivity index (χ4n) is 3.53. The number of carbonyl (C=O) groups excluding carboxylic acids is 1. The van der Waals surface area contributed by atoms with Crippen LogP contribution in [0.4, 0.5) is 0 Å². The number of benzene rings is 1. The van der Waals surface area contributed by atoms with E-state index in [0.717, 1.165) is 9.75 Å². The minimum Gasteiger partial charge on any atom is -0.456 e. The lowest BCUT2D eigenvalue weighted by Crippen LogP contribution is -2.50. The van der Waals surface area contributed by atoms with Gasteiger partial charge in [-0.1, -0.05) is 0 Å². The number of rotatable bonds is 5. The van der Waals surface area contributed by atoms with Crippen LogP contribution in [-0.2, 0) is 10.0 Å². The van der Waals surface area contributed by atoms with Crippen LogP contribution >= 0.6 is 11.3 Å². The summed E-state index contributed by atoms with van der Waals surface area (Å²) < 4.78 is 33.1. The molecule has 1 aliphatic heterocycles. The predicted octanol–water partition coefficient (Wildman–Crippen LogP) is 3.70. The molecule has 1 fully saturated rings. The standard InChI is InChI=1S/C22H23N3O4S2/c1-16-14-21(17(2)30-16)31(27,28)25-12-10-24(11-13-25)22(26)18-5-7-19(8-6-18)29-20-4-3-9-23-15-20/h3-9,14-15H,10-13H2,1-2H3. The Hall–Kier alpha value is -2.75. The smallest absolute Gasteiger partial charge is 0.253 e. The highest BCUT2D eigenvalue weighted by Gasteiger charge is 2.32. The number of ether oxygens (including phenoxy) is 1. The van der Waals surface area contributed by atoms with Crippen molar-refractivity contribution < 1.29 is 17.9 Å². The van der Waals surface area contributed by atoms with E-state index >= 15 is 0 Å². The maximum Gasteiger partial charge on any atom is 0.253 e. The summed E-state index contributed by atoms with van der Waals surface area (Å²) in [5, 5.41) is 0. The Morgan fingerprint density at radius 1 is 1.03 bits per heavy atom. The Balaban J connectivity index is 1.38. The van der Waals surface area contributed by atoms with E-state index in [2.05, 4.69) is 4.98 Å². The number of aromatic nitrogens is 1. The molecule has 0 radical (unpaired) electrons. The summed E-state index contributed by atoms with van der Waals surface area (Å²) in [6.07, 6.45) is 3.29. The van der Waals surface area contributed by atoms with Crippen molar-refractivity contribution in [2.75, 3.05) is 26.2 Å². The molecule has 3 heterocycles. The predicted molar refractivity (Wildman–Crippen MR) is 119 cm³/mol. The number of nitrogens with zero attached hydrogens (tertiary/aromatic N) is 3. The van der Waals surface area contributed by atoms with Gasteiger partial charge >= 0.3 is 0 Å². The summed E-state index contributed by atoms with van der Waals surface area (Å²) in [6, 6.07) is 12.2. The third-order valence-electron chi connectivity index (χ3n) is 5.11. The van der Waals surface area contributed by atoms with Crippen molar-refractivity contribution in [3.8, 4) is 11.5 Å². The van der Waals surface area contributed by atoms with Gasteiger partial charge in [-0.3, -0.25) is 9.78 Å². The van der Waals surface area contributed by atoms with Crippen LogP contribution in [0, 0.1) is 13.8 Å². The average molecular weight is 458 g/mol. The quantitative estimate of drug-likeness (QED) is 0.584. The van der Waals surface area contributed by atoms with Gasteiger partial charge < -0.3 is 9.64 Å². The Morgan fingerprint density at radius 3 is 2.32 bits per heavy atom. The second-order valence-corrected chi connectivity index (χ2v) is 10.7. The molecule has 4 rings (SSSR count). The third kappa shape index (κ3) is 4.63. The minimum absolute atomic E-state index is 0.118. The second kappa shape index (κ2) is 8.78. The first-order chi connectivity index (χ1) is 14.8. The van der Waals surface area contributed by atoms with E-state index in [9.17, 15) is 13.2 Å². The van der Waals surface area contributed by atoms with E-state index in [1.807, 2.05) is 13.8 Å². The number of thiophene rings is 1. The van der Waals surface area contributed by atoms with Crippen molar-refractivity contribution in [3.05, 3.63) is 70.2 Å². The van der Waals surface area contributed by atoms with Gasteiger partial charge in [0.05, 0.1) is 11.1 Å². The van der Waals surface area contributed by atoms with Gasteiger partial charge in [0.1, 0.15) is 11.5 Å². The van der Waals surface area contributed by atoms with Crippen LogP contribution in [0.2, 0.25) is 0 Å². The van der Waals surface area contributed by atoms with Gasteiger partial charge in [-0.25, -0.2) is 8.42 Å². The van der Waals surface area contributed by atoms with Gasteiger partial charge in [-0.2, -0.15) is 4.31 Å². The van der Waals surface area contributed by atoms with Crippen LogP contribution in [0.5, 0.6) is 11.5 Å². The maximum absolute atomic E-state index is 13.0. The van der Waals surface area contributed by atoms with E-state index in [0.29, 0.717) is 35.0 Å². The lowest BCUT2D eigenvalue weighted by atomic mass is 10.2. The molecule has 1 aliphatic rings. The molecule has 0 spiro atoms. The molecule has 7 nitrogen and oxygen atoms in total. The monoisotopic (exact) mass is 457 g/mol. The first kappa shape index (κ1) is 21.5. The van der Waals surface area contributed by atoms with Crippen LogP contribution in [0.25, 0.3) is 0 Å². The molecule has 3 aromatic rings. The van der Waals surface area contributed by atoms with E-state index in [-0.39, 0.29) is 19.0 Å². The van der Waals surface area contributed by atoms with E-state index in [1.165, 1.54) is 15.6 Å². The van der Waals surface area contributed by atoms with Crippen LogP contribution in [-0.4, -0.2) is 54.7 Å². The molecule has 2 aromatic heterocycles. The van der Waals surface area contributed by atoms with Gasteiger partial charge in [0.25, 0.3) is 5.91 Å². The highest BCUT2D eigenvalue weighted by molar-refractivity contribution is 7.89. The van der Waals surface area contributed by atoms with Crippen molar-refractivity contribution in [1.29, 1.82) is 0 Å². The fraction of sp³-hybridized carbons (Fsp3) is 0.273. The van der Waals surface area contributed by atoms with Crippen molar-refractivity contribution >= 4 is 27.3 Å². The number of hydrogen-bond acceptors (Lipinski definition) is 6. The highest BCUT2D eigenvalue weighted by Crippen LogP contribution is 2.28. The van der Waals surface area contributed by atoms with Gasteiger partial charge in [-0.05, 0) is 56.3 Å². The number of amides is 1. The van der Waals surface area contributed by atoms with Gasteiger partial charge in [0.15, 0.2) is 0 Å². The molecule has 1 aromatic carbocycles. The van der Waals surface area contributed by atoms with E-state index in [1.54, 1.807) is 59.8 Å². The molecule has 0 atom stereocenters. The van der Waals surface area contributed by atoms with Crippen LogP contribution in [0.1, 0.15) is 20.1 Å². The molecule has 1 amide bonds. The van der Waals surface area contributed by atoms with Crippen molar-refractivity contribution in [2.45, 2.75) is 18.7 Å². The van der Waals surface area contributed by atoms with Crippen molar-refractivity contribution in [2.24, 2.45) is 0 Å². The zero-order valence-corrected chi connectivity index (χ0v) is 18.9. The molecule has 0 unspecified atom stereocenters. The summed E-state index contributed by atoms with van der Waals surface area (Å²) in [7, 11) is -3.54. The third-order valence-corrected chi connectivity index (χ3v) is 8.23. The van der Waals surface area contributed by atoms with Crippen LogP contribution in [0.15, 0.2) is 59.8 Å². The van der Waals surface area contributed by atoms with Crippen molar-refractivity contribution in [3.63, 3.8) is 0 Å². The molecule has 9 heteroatoms. The van der Waals surface area contributed by atoms with Crippen molar-refractivity contribution in [1.82, 2.24) is 14.2 Å². The lowest BCUT2D eigenvalue weighted by molar-refractivity contribution is 0.0698. The van der Waals surface area contributed by atoms with Crippen LogP contribution in [0.3, 0.4) is 0 Å². The zero-order chi connectivity index (χ0) is 22.0. The van der Waals surface area contributed by atoms with Gasteiger partial charge in [0.2, 0.25) is 10.0 Å². The van der Waals surface area contributed by atoms with Crippen LogP contribution < -0.4 is 4.74 Å². The molecule has 162 valence electrons. The molecule has 0 saturated carbocycles. The Kier molecular flexibility index (Phi) is 6.08. The number of sulfonamides is 1. The SMILES string of the molecule is Cc1cc(S(=O)(=O)N2CCN(C(=O)c3ccc(Oc4cccnc4)cc3)CC2)c(C)s1. The summed E-state index contributed by atoms with van der Waals surface area (Å²) in [5.74, 6) is 1.12. The number of hydrogen-bond donors (Lipinski definition) is 0.